The van der Waals surface area contributed by atoms with Crippen LogP contribution in [0.3, 0.4) is 0 Å². The van der Waals surface area contributed by atoms with Crippen molar-refractivity contribution >= 4 is 5.91 Å². The Morgan fingerprint density at radius 2 is 1.82 bits per heavy atom. The number of benzene rings is 1. The highest BCUT2D eigenvalue weighted by Gasteiger charge is 2.28. The van der Waals surface area contributed by atoms with E-state index in [0.29, 0.717) is 18.7 Å². The fourth-order valence-electron chi connectivity index (χ4n) is 2.53. The van der Waals surface area contributed by atoms with Gasteiger partial charge in [-0.2, -0.15) is 0 Å². The van der Waals surface area contributed by atoms with Gasteiger partial charge in [-0.25, -0.2) is 0 Å². The number of carbonyl (C=O) groups is 1. The summed E-state index contributed by atoms with van der Waals surface area (Å²) >= 11 is 0. The van der Waals surface area contributed by atoms with Gasteiger partial charge < -0.3 is 14.4 Å². The molecule has 0 spiro atoms. The Kier molecular flexibility index (Phi) is 4.23. The van der Waals surface area contributed by atoms with Crippen LogP contribution in [-0.2, 0) is 0 Å². The molecular weight excluding hydrogens is 280 g/mol. The average molecular weight is 298 g/mol. The normalized spacial score (nSPS) is 17.3. The van der Waals surface area contributed by atoms with Crippen LogP contribution in [0.5, 0.6) is 11.5 Å². The van der Waals surface area contributed by atoms with Crippen molar-refractivity contribution in [1.82, 2.24) is 9.88 Å². The van der Waals surface area contributed by atoms with Gasteiger partial charge in [0.1, 0.15) is 17.6 Å². The first-order chi connectivity index (χ1) is 10.8. The Morgan fingerprint density at radius 1 is 1.14 bits per heavy atom. The van der Waals surface area contributed by atoms with Gasteiger partial charge in [0.25, 0.3) is 5.91 Å². The van der Waals surface area contributed by atoms with E-state index in [0.717, 1.165) is 17.9 Å². The van der Waals surface area contributed by atoms with Gasteiger partial charge >= 0.3 is 0 Å². The minimum absolute atomic E-state index is 0.0270. The van der Waals surface area contributed by atoms with E-state index >= 15 is 0 Å². The van der Waals surface area contributed by atoms with E-state index in [1.807, 2.05) is 29.2 Å². The van der Waals surface area contributed by atoms with Crippen molar-refractivity contribution < 1.29 is 14.3 Å². The Bertz CT molecular complexity index is 628. The molecule has 0 saturated carbocycles. The lowest BCUT2D eigenvalue weighted by molar-refractivity contribution is 0.0772. The van der Waals surface area contributed by atoms with Crippen molar-refractivity contribution in [3.05, 3.63) is 54.4 Å². The van der Waals surface area contributed by atoms with Crippen LogP contribution in [0.2, 0.25) is 0 Å². The Balaban J connectivity index is 1.59. The number of rotatable bonds is 4. The molecule has 1 aliphatic rings. The van der Waals surface area contributed by atoms with Crippen molar-refractivity contribution in [2.24, 2.45) is 0 Å². The molecule has 1 amide bonds. The van der Waals surface area contributed by atoms with Crippen LogP contribution in [0.15, 0.2) is 48.8 Å². The number of pyridine rings is 1. The lowest BCUT2D eigenvalue weighted by atomic mass is 10.2. The van der Waals surface area contributed by atoms with Gasteiger partial charge in [0.2, 0.25) is 0 Å². The Hall–Kier alpha value is -2.56. The van der Waals surface area contributed by atoms with E-state index in [1.165, 1.54) is 0 Å². The van der Waals surface area contributed by atoms with Crippen molar-refractivity contribution in [2.75, 3.05) is 20.2 Å². The smallest absolute Gasteiger partial charge is 0.254 e. The van der Waals surface area contributed by atoms with Gasteiger partial charge in [0.05, 0.1) is 13.7 Å². The molecule has 2 aromatic rings. The summed E-state index contributed by atoms with van der Waals surface area (Å²) in [7, 11) is 1.63. The molecule has 0 bridgehead atoms. The molecule has 22 heavy (non-hydrogen) atoms. The number of hydrogen-bond acceptors (Lipinski definition) is 4. The van der Waals surface area contributed by atoms with Crippen LogP contribution in [0.4, 0.5) is 0 Å². The third-order valence-corrected chi connectivity index (χ3v) is 3.72. The van der Waals surface area contributed by atoms with Gasteiger partial charge in [-0.3, -0.25) is 9.78 Å². The topological polar surface area (TPSA) is 51.7 Å². The minimum atomic E-state index is 0.0270. The van der Waals surface area contributed by atoms with Crippen LogP contribution in [0, 0.1) is 0 Å². The summed E-state index contributed by atoms with van der Waals surface area (Å²) in [5.74, 6) is 1.63. The van der Waals surface area contributed by atoms with Gasteiger partial charge in [-0.1, -0.05) is 0 Å². The van der Waals surface area contributed by atoms with Crippen molar-refractivity contribution in [3.8, 4) is 11.5 Å². The van der Waals surface area contributed by atoms with Crippen LogP contribution in [0.1, 0.15) is 16.8 Å². The van der Waals surface area contributed by atoms with Crippen molar-refractivity contribution in [1.29, 1.82) is 0 Å². The van der Waals surface area contributed by atoms with Gasteiger partial charge in [-0.15, -0.1) is 0 Å². The summed E-state index contributed by atoms with van der Waals surface area (Å²) in [4.78, 5) is 18.1. The van der Waals surface area contributed by atoms with Crippen LogP contribution < -0.4 is 9.47 Å². The molecule has 3 rings (SSSR count). The number of carbonyl (C=O) groups excluding carboxylic acids is 1. The third-order valence-electron chi connectivity index (χ3n) is 3.72. The highest BCUT2D eigenvalue weighted by molar-refractivity contribution is 5.94. The fourth-order valence-corrected chi connectivity index (χ4v) is 2.53. The van der Waals surface area contributed by atoms with Crippen LogP contribution >= 0.6 is 0 Å². The molecule has 5 heteroatoms. The molecule has 1 aromatic carbocycles. The molecule has 5 nitrogen and oxygen atoms in total. The minimum Gasteiger partial charge on any atom is -0.497 e. The molecule has 1 fully saturated rings. The van der Waals surface area contributed by atoms with E-state index in [4.69, 9.17) is 9.47 Å². The first-order valence-corrected chi connectivity index (χ1v) is 7.26. The van der Waals surface area contributed by atoms with Gasteiger partial charge in [-0.05, 0) is 36.4 Å². The number of hydrogen-bond donors (Lipinski definition) is 0. The number of ether oxygens (including phenoxy) is 2. The van der Waals surface area contributed by atoms with E-state index in [2.05, 4.69) is 4.98 Å². The van der Waals surface area contributed by atoms with E-state index in [1.54, 1.807) is 31.6 Å². The number of likely N-dealkylation sites (tertiary alicyclic amines) is 1. The van der Waals surface area contributed by atoms with Crippen LogP contribution in [0.25, 0.3) is 0 Å². The second-order valence-corrected chi connectivity index (χ2v) is 5.19. The standard InChI is InChI=1S/C17H18N2O3/c1-21-14-2-4-15(5-3-14)22-16-8-11-19(12-16)17(20)13-6-9-18-10-7-13/h2-7,9-10,16H,8,11-12H2,1H3/t16-/m1/s1. The maximum atomic E-state index is 12.4. The highest BCUT2D eigenvalue weighted by Crippen LogP contribution is 2.22. The molecule has 1 saturated heterocycles. The predicted octanol–water partition coefficient (Wildman–Crippen LogP) is 2.38. The first-order valence-electron chi connectivity index (χ1n) is 7.26. The zero-order valence-electron chi connectivity index (χ0n) is 12.4. The highest BCUT2D eigenvalue weighted by atomic mass is 16.5. The van der Waals surface area contributed by atoms with Gasteiger partial charge in [0, 0.05) is 30.9 Å². The summed E-state index contributed by atoms with van der Waals surface area (Å²) in [6, 6.07) is 11.0. The van der Waals surface area contributed by atoms with Crippen molar-refractivity contribution in [3.63, 3.8) is 0 Å². The zero-order chi connectivity index (χ0) is 15.4. The first kappa shape index (κ1) is 14.4. The second-order valence-electron chi connectivity index (χ2n) is 5.19. The SMILES string of the molecule is COc1ccc(O[C@@H]2CCN(C(=O)c3ccncc3)C2)cc1. The Morgan fingerprint density at radius 3 is 2.50 bits per heavy atom. The molecular formula is C17H18N2O3. The summed E-state index contributed by atoms with van der Waals surface area (Å²) in [6.07, 6.45) is 4.13. The number of aromatic nitrogens is 1. The molecule has 114 valence electrons. The zero-order valence-corrected chi connectivity index (χ0v) is 12.4. The lowest BCUT2D eigenvalue weighted by Gasteiger charge is -2.17. The summed E-state index contributed by atoms with van der Waals surface area (Å²) in [6.45, 7) is 1.31. The predicted molar refractivity (Wildman–Crippen MR) is 82.2 cm³/mol. The number of amides is 1. The molecule has 2 heterocycles. The quantitative estimate of drug-likeness (QED) is 0.869. The van der Waals surface area contributed by atoms with Crippen LogP contribution in [-0.4, -0.2) is 42.1 Å². The number of nitrogens with zero attached hydrogens (tertiary/aromatic N) is 2. The van der Waals surface area contributed by atoms with E-state index in [-0.39, 0.29) is 12.0 Å². The molecule has 0 radical (unpaired) electrons. The lowest BCUT2D eigenvalue weighted by Crippen LogP contribution is -2.30. The second kappa shape index (κ2) is 6.47. The summed E-state index contributed by atoms with van der Waals surface area (Å²) in [5.41, 5.74) is 0.667. The van der Waals surface area contributed by atoms with E-state index < -0.39 is 0 Å². The molecule has 1 atom stereocenters. The van der Waals surface area contributed by atoms with Gasteiger partial charge in [0.15, 0.2) is 0 Å². The molecule has 0 aliphatic carbocycles. The average Bonchev–Trinajstić information content (AvgIpc) is 3.04. The monoisotopic (exact) mass is 298 g/mol. The van der Waals surface area contributed by atoms with Crippen molar-refractivity contribution in [2.45, 2.75) is 12.5 Å². The summed E-state index contributed by atoms with van der Waals surface area (Å²) in [5, 5.41) is 0. The third kappa shape index (κ3) is 3.19. The largest absolute Gasteiger partial charge is 0.497 e. The number of methoxy groups -OCH3 is 1. The molecule has 1 aromatic heterocycles. The maximum Gasteiger partial charge on any atom is 0.254 e. The Labute approximate surface area is 129 Å². The molecule has 1 aliphatic heterocycles. The molecule has 0 unspecified atom stereocenters. The maximum absolute atomic E-state index is 12.4. The summed E-state index contributed by atoms with van der Waals surface area (Å²) < 4.78 is 11.1. The fraction of sp³-hybridized carbons (Fsp3) is 0.294. The van der Waals surface area contributed by atoms with E-state index in [9.17, 15) is 4.79 Å². The molecule has 0 N–H and O–H groups in total.